The van der Waals surface area contributed by atoms with Gasteiger partial charge in [0.15, 0.2) is 0 Å². The second kappa shape index (κ2) is 4.41. The molecule has 0 aromatic carbocycles. The molecule has 0 bridgehead atoms. The first kappa shape index (κ1) is 11.2. The zero-order valence-electron chi connectivity index (χ0n) is 9.95. The number of furan rings is 1. The Kier molecular flexibility index (Phi) is 2.60. The molecule has 3 aromatic rings. The van der Waals surface area contributed by atoms with Crippen LogP contribution in [-0.4, -0.2) is 15.0 Å². The Morgan fingerprint density at radius 3 is 2.68 bits per heavy atom. The molecule has 3 heterocycles. The minimum Gasteiger partial charge on any atom is -0.464 e. The third kappa shape index (κ3) is 1.89. The van der Waals surface area contributed by atoms with Crippen molar-refractivity contribution in [2.75, 3.05) is 11.5 Å². The monoisotopic (exact) mass is 253 g/mol. The summed E-state index contributed by atoms with van der Waals surface area (Å²) in [6, 6.07) is 5.38. The third-order valence-corrected chi connectivity index (χ3v) is 2.77. The van der Waals surface area contributed by atoms with E-state index in [1.165, 1.54) is 6.33 Å². The number of nitrogens with zero attached hydrogens (tertiary/aromatic N) is 3. The topological polar surface area (TPSA) is 104 Å². The highest BCUT2D eigenvalue weighted by Crippen LogP contribution is 2.37. The van der Waals surface area contributed by atoms with Gasteiger partial charge in [0.2, 0.25) is 0 Å². The van der Waals surface area contributed by atoms with E-state index >= 15 is 0 Å². The van der Waals surface area contributed by atoms with Gasteiger partial charge in [-0.15, -0.1) is 0 Å². The summed E-state index contributed by atoms with van der Waals surface area (Å²) in [5, 5.41) is 0. The molecule has 6 heteroatoms. The van der Waals surface area contributed by atoms with E-state index in [2.05, 4.69) is 15.0 Å². The molecular weight excluding hydrogens is 242 g/mol. The van der Waals surface area contributed by atoms with E-state index in [0.717, 1.165) is 5.56 Å². The molecule has 0 saturated carbocycles. The van der Waals surface area contributed by atoms with E-state index in [9.17, 15) is 0 Å². The number of pyridine rings is 1. The van der Waals surface area contributed by atoms with Gasteiger partial charge in [0, 0.05) is 18.0 Å². The Morgan fingerprint density at radius 1 is 1.11 bits per heavy atom. The van der Waals surface area contributed by atoms with Crippen molar-refractivity contribution in [2.45, 2.75) is 0 Å². The van der Waals surface area contributed by atoms with Crippen LogP contribution in [0.2, 0.25) is 0 Å². The highest BCUT2D eigenvalue weighted by Gasteiger charge is 2.16. The molecule has 0 saturated heterocycles. The first-order valence-corrected chi connectivity index (χ1v) is 5.61. The van der Waals surface area contributed by atoms with Crippen molar-refractivity contribution in [3.05, 3.63) is 43.2 Å². The molecule has 3 rings (SSSR count). The third-order valence-electron chi connectivity index (χ3n) is 2.77. The van der Waals surface area contributed by atoms with Crippen LogP contribution >= 0.6 is 0 Å². The molecule has 0 spiro atoms. The van der Waals surface area contributed by atoms with E-state index in [1.807, 2.05) is 6.07 Å². The normalized spacial score (nSPS) is 10.5. The van der Waals surface area contributed by atoms with Gasteiger partial charge >= 0.3 is 0 Å². The highest BCUT2D eigenvalue weighted by molar-refractivity contribution is 5.91. The van der Waals surface area contributed by atoms with Gasteiger partial charge in [-0.1, -0.05) is 0 Å². The number of aromatic nitrogens is 3. The average Bonchev–Trinajstić information content (AvgIpc) is 2.96. The van der Waals surface area contributed by atoms with Gasteiger partial charge in [0.25, 0.3) is 0 Å². The number of nitrogen functional groups attached to an aromatic ring is 2. The first-order valence-electron chi connectivity index (χ1n) is 5.61. The second-order valence-electron chi connectivity index (χ2n) is 3.92. The van der Waals surface area contributed by atoms with E-state index in [4.69, 9.17) is 15.9 Å². The summed E-state index contributed by atoms with van der Waals surface area (Å²) in [6.07, 6.45) is 6.33. The molecular formula is C13H11N5O. The number of hydrogen-bond acceptors (Lipinski definition) is 6. The summed E-state index contributed by atoms with van der Waals surface area (Å²) in [6.45, 7) is 0. The number of rotatable bonds is 2. The summed E-state index contributed by atoms with van der Waals surface area (Å²) in [5.74, 6) is 0.893. The predicted molar refractivity (Wildman–Crippen MR) is 71.8 cm³/mol. The molecule has 0 atom stereocenters. The van der Waals surface area contributed by atoms with Crippen molar-refractivity contribution in [1.82, 2.24) is 15.0 Å². The molecule has 0 aliphatic rings. The SMILES string of the molecule is Nc1ncc(-c2ccncn2)c(-c2ccco2)c1N. The van der Waals surface area contributed by atoms with E-state index < -0.39 is 0 Å². The Balaban J connectivity index is 2.29. The molecule has 4 N–H and O–H groups in total. The summed E-state index contributed by atoms with van der Waals surface area (Å²) < 4.78 is 5.41. The van der Waals surface area contributed by atoms with Crippen molar-refractivity contribution in [1.29, 1.82) is 0 Å². The fraction of sp³-hybridized carbons (Fsp3) is 0. The fourth-order valence-corrected chi connectivity index (χ4v) is 1.87. The van der Waals surface area contributed by atoms with Crippen LogP contribution in [0.4, 0.5) is 11.5 Å². The lowest BCUT2D eigenvalue weighted by Gasteiger charge is -2.11. The van der Waals surface area contributed by atoms with E-state index in [-0.39, 0.29) is 5.82 Å². The van der Waals surface area contributed by atoms with Gasteiger partial charge < -0.3 is 15.9 Å². The lowest BCUT2D eigenvalue weighted by atomic mass is 10.0. The zero-order chi connectivity index (χ0) is 13.2. The molecule has 19 heavy (non-hydrogen) atoms. The molecule has 0 amide bonds. The number of anilines is 2. The molecule has 0 radical (unpaired) electrons. The largest absolute Gasteiger partial charge is 0.464 e. The maximum Gasteiger partial charge on any atom is 0.147 e. The van der Waals surface area contributed by atoms with Gasteiger partial charge in [-0.05, 0) is 18.2 Å². The van der Waals surface area contributed by atoms with Crippen molar-refractivity contribution in [2.24, 2.45) is 0 Å². The average molecular weight is 253 g/mol. The summed E-state index contributed by atoms with van der Waals surface area (Å²) in [4.78, 5) is 12.2. The Bertz CT molecular complexity index is 695. The quantitative estimate of drug-likeness (QED) is 0.723. The molecule has 0 fully saturated rings. The molecule has 0 aliphatic heterocycles. The molecule has 0 unspecified atom stereocenters. The minimum absolute atomic E-state index is 0.268. The lowest BCUT2D eigenvalue weighted by Crippen LogP contribution is -2.02. The fourth-order valence-electron chi connectivity index (χ4n) is 1.87. The van der Waals surface area contributed by atoms with Crippen molar-refractivity contribution >= 4 is 11.5 Å². The minimum atomic E-state index is 0.268. The Labute approximate surface area is 109 Å². The smallest absolute Gasteiger partial charge is 0.147 e. The van der Waals surface area contributed by atoms with Crippen molar-refractivity contribution in [3.63, 3.8) is 0 Å². The molecule has 94 valence electrons. The number of nitrogens with two attached hydrogens (primary N) is 2. The van der Waals surface area contributed by atoms with Gasteiger partial charge in [0.1, 0.15) is 17.9 Å². The van der Waals surface area contributed by atoms with E-state index in [0.29, 0.717) is 22.7 Å². The lowest BCUT2D eigenvalue weighted by molar-refractivity contribution is 0.582. The van der Waals surface area contributed by atoms with Crippen LogP contribution in [0.3, 0.4) is 0 Å². The van der Waals surface area contributed by atoms with Crippen LogP contribution in [0.1, 0.15) is 0 Å². The van der Waals surface area contributed by atoms with E-state index in [1.54, 1.807) is 30.8 Å². The predicted octanol–water partition coefficient (Wildman–Crippen LogP) is 1.96. The second-order valence-corrected chi connectivity index (χ2v) is 3.92. The number of hydrogen-bond donors (Lipinski definition) is 2. The summed E-state index contributed by atoms with van der Waals surface area (Å²) >= 11 is 0. The maximum atomic E-state index is 6.02. The van der Waals surface area contributed by atoms with Gasteiger partial charge in [-0.3, -0.25) is 0 Å². The van der Waals surface area contributed by atoms with Crippen molar-refractivity contribution in [3.8, 4) is 22.6 Å². The first-order chi connectivity index (χ1) is 9.27. The van der Waals surface area contributed by atoms with Crippen molar-refractivity contribution < 1.29 is 4.42 Å². The Hall–Kier alpha value is -2.89. The van der Waals surface area contributed by atoms with Crippen LogP contribution in [0, 0.1) is 0 Å². The standard InChI is InChI=1S/C13H11N5O/c14-12-11(10-2-1-5-19-10)8(6-17-13(12)15)9-3-4-16-7-18-9/h1-7H,14H2,(H2,15,17). The van der Waals surface area contributed by atoms with Crippen LogP contribution in [-0.2, 0) is 0 Å². The van der Waals surface area contributed by atoms with Gasteiger partial charge in [-0.25, -0.2) is 15.0 Å². The molecule has 0 aliphatic carbocycles. The summed E-state index contributed by atoms with van der Waals surface area (Å²) in [7, 11) is 0. The van der Waals surface area contributed by atoms with Gasteiger partial charge in [0.05, 0.1) is 23.2 Å². The zero-order valence-corrected chi connectivity index (χ0v) is 9.95. The van der Waals surface area contributed by atoms with Crippen LogP contribution in [0.15, 0.2) is 47.6 Å². The maximum absolute atomic E-state index is 6.02. The molecule has 3 aromatic heterocycles. The van der Waals surface area contributed by atoms with Crippen LogP contribution in [0.25, 0.3) is 22.6 Å². The van der Waals surface area contributed by atoms with Gasteiger partial charge in [-0.2, -0.15) is 0 Å². The Morgan fingerprint density at radius 2 is 2.00 bits per heavy atom. The summed E-state index contributed by atoms with van der Waals surface area (Å²) in [5.41, 5.74) is 14.3. The van der Waals surface area contributed by atoms with Crippen LogP contribution in [0.5, 0.6) is 0 Å². The highest BCUT2D eigenvalue weighted by atomic mass is 16.3. The van der Waals surface area contributed by atoms with Crippen LogP contribution < -0.4 is 11.5 Å². The molecule has 6 nitrogen and oxygen atoms in total.